The van der Waals surface area contributed by atoms with Crippen LogP contribution in [0.3, 0.4) is 0 Å². The normalized spacial score (nSPS) is 26.7. The molecule has 1 heterocycles. The van der Waals surface area contributed by atoms with Gasteiger partial charge in [0, 0.05) is 37.0 Å². The number of piperidine rings is 1. The lowest BCUT2D eigenvalue weighted by atomic mass is 9.55. The summed E-state index contributed by atoms with van der Waals surface area (Å²) in [4.78, 5) is 27.7. The molecule has 6 heteroatoms. The molecule has 1 aliphatic heterocycles. The van der Waals surface area contributed by atoms with Crippen LogP contribution >= 0.6 is 0 Å². The van der Waals surface area contributed by atoms with Crippen LogP contribution in [0.5, 0.6) is 5.75 Å². The number of carbonyl (C=O) groups is 2. The molecule has 0 aromatic heterocycles. The molecule has 4 rings (SSSR count). The highest BCUT2D eigenvalue weighted by molar-refractivity contribution is 5.94. The van der Waals surface area contributed by atoms with Crippen molar-refractivity contribution in [1.29, 1.82) is 0 Å². The Morgan fingerprint density at radius 3 is 2.68 bits per heavy atom. The average Bonchev–Trinajstić information content (AvgIpc) is 2.84. The van der Waals surface area contributed by atoms with Crippen molar-refractivity contribution >= 4 is 11.9 Å². The molecule has 2 aromatic rings. The van der Waals surface area contributed by atoms with Crippen LogP contribution in [0.1, 0.15) is 48.5 Å². The summed E-state index contributed by atoms with van der Waals surface area (Å²) in [6.45, 7) is 7.62. The summed E-state index contributed by atoms with van der Waals surface area (Å²) in [6, 6.07) is 17.3. The number of likely N-dealkylation sites (tertiary alicyclic amines) is 1. The monoisotopic (exact) mass is 462 g/mol. The number of nitrogens with zero attached hydrogens (tertiary/aromatic N) is 1. The zero-order chi connectivity index (χ0) is 24.2. The maximum absolute atomic E-state index is 13.0. The first-order valence-corrected chi connectivity index (χ1v) is 11.9. The van der Waals surface area contributed by atoms with Gasteiger partial charge in [0.15, 0.2) is 0 Å². The van der Waals surface area contributed by atoms with E-state index in [0.29, 0.717) is 24.9 Å². The van der Waals surface area contributed by atoms with Crippen LogP contribution in [0.25, 0.3) is 0 Å². The van der Waals surface area contributed by atoms with Gasteiger partial charge in [0.1, 0.15) is 11.4 Å². The lowest BCUT2D eigenvalue weighted by Crippen LogP contribution is -2.68. The van der Waals surface area contributed by atoms with E-state index in [0.717, 1.165) is 37.2 Å². The lowest BCUT2D eigenvalue weighted by Gasteiger charge is -2.59. The fourth-order valence-corrected chi connectivity index (χ4v) is 5.93. The highest BCUT2D eigenvalue weighted by atomic mass is 16.6. The molecule has 1 amide bonds. The van der Waals surface area contributed by atoms with Crippen LogP contribution in [-0.4, -0.2) is 55.2 Å². The molecule has 2 aromatic carbocycles. The Kier molecular flexibility index (Phi) is 7.08. The summed E-state index contributed by atoms with van der Waals surface area (Å²) >= 11 is 0. The molecule has 2 aliphatic rings. The number of fused-ring (bicyclic) bond motifs is 1. The van der Waals surface area contributed by atoms with Crippen LogP contribution in [-0.2, 0) is 14.9 Å². The fourth-order valence-electron chi connectivity index (χ4n) is 5.93. The Hall–Kier alpha value is -3.12. The van der Waals surface area contributed by atoms with Crippen molar-refractivity contribution in [2.45, 2.75) is 49.7 Å². The molecule has 1 saturated heterocycles. The number of hydrogen-bond donors (Lipinski definition) is 1. The Morgan fingerprint density at radius 1 is 1.18 bits per heavy atom. The number of carbonyl (C=O) groups excluding carboxylic acids is 2. The van der Waals surface area contributed by atoms with Crippen molar-refractivity contribution in [3.63, 3.8) is 0 Å². The average molecular weight is 463 g/mol. The van der Waals surface area contributed by atoms with Gasteiger partial charge in [0.05, 0.1) is 7.11 Å². The zero-order valence-corrected chi connectivity index (χ0v) is 20.1. The molecule has 1 saturated carbocycles. The van der Waals surface area contributed by atoms with Gasteiger partial charge in [-0.3, -0.25) is 14.5 Å². The van der Waals surface area contributed by atoms with Gasteiger partial charge in [0.2, 0.25) is 0 Å². The molecular formula is C28H34N2O4. The number of amides is 1. The van der Waals surface area contributed by atoms with Crippen LogP contribution in [0, 0.1) is 0 Å². The van der Waals surface area contributed by atoms with E-state index in [9.17, 15) is 9.59 Å². The van der Waals surface area contributed by atoms with Gasteiger partial charge < -0.3 is 14.8 Å². The molecule has 2 unspecified atom stereocenters. The summed E-state index contributed by atoms with van der Waals surface area (Å²) in [5, 5.41) is 3.26. The van der Waals surface area contributed by atoms with Crippen molar-refractivity contribution < 1.29 is 19.1 Å². The van der Waals surface area contributed by atoms with E-state index in [1.54, 1.807) is 7.11 Å². The third kappa shape index (κ3) is 4.60. The summed E-state index contributed by atoms with van der Waals surface area (Å²) in [5.41, 5.74) is 0.596. The number of hydrogen-bond acceptors (Lipinski definition) is 5. The second-order valence-electron chi connectivity index (χ2n) is 9.45. The predicted octanol–water partition coefficient (Wildman–Crippen LogP) is 4.11. The molecule has 2 fully saturated rings. The van der Waals surface area contributed by atoms with Crippen molar-refractivity contribution in [3.8, 4) is 5.75 Å². The minimum atomic E-state index is -0.694. The van der Waals surface area contributed by atoms with E-state index in [1.165, 1.54) is 6.92 Å². The van der Waals surface area contributed by atoms with Gasteiger partial charge in [-0.25, -0.2) is 0 Å². The quantitative estimate of drug-likeness (QED) is 0.496. The Balaban J connectivity index is 1.73. The molecule has 34 heavy (non-hydrogen) atoms. The van der Waals surface area contributed by atoms with Crippen LogP contribution in [0.2, 0.25) is 0 Å². The van der Waals surface area contributed by atoms with E-state index < -0.39 is 11.0 Å². The molecular weight excluding hydrogens is 428 g/mol. The largest absolute Gasteiger partial charge is 0.497 e. The second kappa shape index (κ2) is 10.0. The Bertz CT molecular complexity index is 1040. The molecule has 1 N–H and O–H groups in total. The fraction of sp³-hybridized carbons (Fsp3) is 0.429. The van der Waals surface area contributed by atoms with Gasteiger partial charge in [-0.2, -0.15) is 0 Å². The molecule has 0 bridgehead atoms. The minimum Gasteiger partial charge on any atom is -0.497 e. The zero-order valence-electron chi connectivity index (χ0n) is 20.1. The summed E-state index contributed by atoms with van der Waals surface area (Å²) in [7, 11) is 1.66. The first kappa shape index (κ1) is 24.0. The summed E-state index contributed by atoms with van der Waals surface area (Å²) in [5.74, 6) is 0.419. The van der Waals surface area contributed by atoms with E-state index in [2.05, 4.69) is 28.9 Å². The third-order valence-electron chi connectivity index (χ3n) is 7.42. The van der Waals surface area contributed by atoms with Gasteiger partial charge in [-0.05, 0) is 62.1 Å². The highest BCUT2D eigenvalue weighted by Gasteiger charge is 2.60. The molecule has 180 valence electrons. The van der Waals surface area contributed by atoms with Crippen LogP contribution in [0.15, 0.2) is 67.3 Å². The maximum Gasteiger partial charge on any atom is 0.303 e. The SMILES string of the molecule is C=CCN1CCC2(c3cccc(OC)c3)C[C@H](NC(=O)c3ccccc3)CCC2(OC(C)=O)C1. The van der Waals surface area contributed by atoms with E-state index >= 15 is 0 Å². The van der Waals surface area contributed by atoms with E-state index in [1.807, 2.05) is 48.5 Å². The third-order valence-corrected chi connectivity index (χ3v) is 7.42. The summed E-state index contributed by atoms with van der Waals surface area (Å²) in [6.07, 6.45) is 4.79. The molecule has 6 nitrogen and oxygen atoms in total. The number of esters is 1. The smallest absolute Gasteiger partial charge is 0.303 e. The number of ether oxygens (including phenoxy) is 2. The first-order valence-electron chi connectivity index (χ1n) is 11.9. The Morgan fingerprint density at radius 2 is 1.97 bits per heavy atom. The minimum absolute atomic E-state index is 0.0338. The molecule has 0 radical (unpaired) electrons. The maximum atomic E-state index is 13.0. The van der Waals surface area contributed by atoms with Gasteiger partial charge in [-0.15, -0.1) is 6.58 Å². The number of benzene rings is 2. The van der Waals surface area contributed by atoms with Gasteiger partial charge in [0.25, 0.3) is 5.91 Å². The van der Waals surface area contributed by atoms with Gasteiger partial charge in [-0.1, -0.05) is 36.4 Å². The molecule has 0 spiro atoms. The highest BCUT2D eigenvalue weighted by Crippen LogP contribution is 2.54. The lowest BCUT2D eigenvalue weighted by molar-refractivity contribution is -0.186. The molecule has 1 aliphatic carbocycles. The van der Waals surface area contributed by atoms with Crippen molar-refractivity contribution in [3.05, 3.63) is 78.4 Å². The van der Waals surface area contributed by atoms with Crippen LogP contribution in [0.4, 0.5) is 0 Å². The second-order valence-corrected chi connectivity index (χ2v) is 9.45. The van der Waals surface area contributed by atoms with Crippen molar-refractivity contribution in [2.24, 2.45) is 0 Å². The first-order chi connectivity index (χ1) is 16.4. The van der Waals surface area contributed by atoms with E-state index in [-0.39, 0.29) is 17.9 Å². The van der Waals surface area contributed by atoms with Crippen LogP contribution < -0.4 is 10.1 Å². The number of rotatable bonds is 7. The topological polar surface area (TPSA) is 67.9 Å². The number of methoxy groups -OCH3 is 1. The standard InChI is InChI=1S/C28H34N2O4/c1-4-16-30-17-15-27(23-11-8-12-25(18-23)33-3)19-24(13-14-28(27,20-30)34-21(2)31)29-26(32)22-9-6-5-7-10-22/h4-12,18,24H,1,13-17,19-20H2,2-3H3,(H,29,32)/t24-,27?,28?/m1/s1. The Labute approximate surface area is 201 Å². The molecule has 3 atom stereocenters. The van der Waals surface area contributed by atoms with E-state index in [4.69, 9.17) is 9.47 Å². The van der Waals surface area contributed by atoms with Gasteiger partial charge >= 0.3 is 5.97 Å². The number of nitrogens with one attached hydrogen (secondary N) is 1. The van der Waals surface area contributed by atoms with Crippen molar-refractivity contribution in [1.82, 2.24) is 10.2 Å². The van der Waals surface area contributed by atoms with Crippen molar-refractivity contribution in [2.75, 3.05) is 26.7 Å². The predicted molar refractivity (Wildman–Crippen MR) is 132 cm³/mol. The summed E-state index contributed by atoms with van der Waals surface area (Å²) < 4.78 is 11.8.